The van der Waals surface area contributed by atoms with Crippen LogP contribution in [0.25, 0.3) is 0 Å². The fourth-order valence-corrected chi connectivity index (χ4v) is 4.10. The predicted octanol–water partition coefficient (Wildman–Crippen LogP) is 3.77. The average molecular weight is 450 g/mol. The van der Waals surface area contributed by atoms with E-state index in [0.29, 0.717) is 25.6 Å². The van der Waals surface area contributed by atoms with Crippen molar-refractivity contribution in [2.24, 2.45) is 4.99 Å². The van der Waals surface area contributed by atoms with E-state index in [1.807, 2.05) is 17.0 Å². The normalized spacial score (nSPS) is 15.2. The maximum absolute atomic E-state index is 12.0. The van der Waals surface area contributed by atoms with Crippen LogP contribution in [0.15, 0.2) is 59.6 Å². The van der Waals surface area contributed by atoms with Gasteiger partial charge in [-0.15, -0.1) is 0 Å². The Morgan fingerprint density at radius 2 is 1.82 bits per heavy atom. The number of aliphatic imine (C=N–C) groups is 1. The van der Waals surface area contributed by atoms with Crippen LogP contribution in [0.1, 0.15) is 49.8 Å². The van der Waals surface area contributed by atoms with Gasteiger partial charge in [0, 0.05) is 45.2 Å². The van der Waals surface area contributed by atoms with Gasteiger partial charge in [-0.2, -0.15) is 0 Å². The SMILES string of the molecule is CCNC(=NCc1ccccc1CN1CCCC1=O)NCCC(C)N(C)Cc1ccccc1. The third-order valence-corrected chi connectivity index (χ3v) is 6.28. The van der Waals surface area contributed by atoms with Crippen molar-refractivity contribution in [3.63, 3.8) is 0 Å². The van der Waals surface area contributed by atoms with Crippen molar-refractivity contribution in [1.29, 1.82) is 0 Å². The van der Waals surface area contributed by atoms with Crippen LogP contribution >= 0.6 is 0 Å². The molecule has 33 heavy (non-hydrogen) atoms. The Balaban J connectivity index is 1.51. The number of nitrogens with zero attached hydrogens (tertiary/aromatic N) is 3. The molecule has 0 bridgehead atoms. The van der Waals surface area contributed by atoms with E-state index >= 15 is 0 Å². The Morgan fingerprint density at radius 1 is 1.09 bits per heavy atom. The molecule has 1 fully saturated rings. The number of rotatable bonds is 11. The van der Waals surface area contributed by atoms with Crippen molar-refractivity contribution in [2.75, 3.05) is 26.7 Å². The first-order valence-electron chi connectivity index (χ1n) is 12.2. The highest BCUT2D eigenvalue weighted by molar-refractivity contribution is 5.79. The molecule has 178 valence electrons. The molecule has 1 atom stereocenters. The quantitative estimate of drug-likeness (QED) is 0.405. The van der Waals surface area contributed by atoms with Crippen LogP contribution in [0, 0.1) is 0 Å². The first kappa shape index (κ1) is 24.8. The summed E-state index contributed by atoms with van der Waals surface area (Å²) in [4.78, 5) is 21.2. The Morgan fingerprint density at radius 3 is 2.52 bits per heavy atom. The highest BCUT2D eigenvalue weighted by Crippen LogP contribution is 2.18. The average Bonchev–Trinajstić information content (AvgIpc) is 3.23. The standard InChI is InChI=1S/C27H39N5O/c1-4-28-27(29-17-16-22(2)31(3)20-23-11-6-5-7-12-23)30-19-24-13-8-9-14-25(24)21-32-18-10-15-26(32)33/h5-9,11-14,22H,4,10,15-21H2,1-3H3,(H2,28,29,30). The molecule has 1 heterocycles. The number of carbonyl (C=O) groups excluding carboxylic acids is 1. The molecule has 1 aliphatic heterocycles. The van der Waals surface area contributed by atoms with Gasteiger partial charge in [-0.1, -0.05) is 54.6 Å². The number of hydrogen-bond donors (Lipinski definition) is 2. The summed E-state index contributed by atoms with van der Waals surface area (Å²) in [5.41, 5.74) is 3.69. The van der Waals surface area contributed by atoms with Gasteiger partial charge < -0.3 is 15.5 Å². The van der Waals surface area contributed by atoms with Crippen LogP contribution in [0.2, 0.25) is 0 Å². The van der Waals surface area contributed by atoms with Gasteiger partial charge >= 0.3 is 0 Å². The number of hydrogen-bond acceptors (Lipinski definition) is 3. The second kappa shape index (κ2) is 13.0. The van der Waals surface area contributed by atoms with E-state index in [-0.39, 0.29) is 5.91 Å². The van der Waals surface area contributed by atoms with Crippen molar-refractivity contribution in [2.45, 2.75) is 58.8 Å². The minimum Gasteiger partial charge on any atom is -0.357 e. The van der Waals surface area contributed by atoms with Gasteiger partial charge in [-0.25, -0.2) is 4.99 Å². The van der Waals surface area contributed by atoms with Crippen molar-refractivity contribution in [1.82, 2.24) is 20.4 Å². The molecular weight excluding hydrogens is 410 g/mol. The Labute approximate surface area is 199 Å². The molecule has 3 rings (SSSR count). The molecule has 1 amide bonds. The molecule has 1 aliphatic rings. The first-order valence-corrected chi connectivity index (χ1v) is 12.2. The zero-order valence-electron chi connectivity index (χ0n) is 20.4. The van der Waals surface area contributed by atoms with Crippen molar-refractivity contribution < 1.29 is 4.79 Å². The largest absolute Gasteiger partial charge is 0.357 e. The lowest BCUT2D eigenvalue weighted by Crippen LogP contribution is -2.40. The van der Waals surface area contributed by atoms with Crippen LogP contribution in [0.5, 0.6) is 0 Å². The van der Waals surface area contributed by atoms with Gasteiger partial charge in [0.05, 0.1) is 6.54 Å². The number of carbonyl (C=O) groups is 1. The zero-order chi connectivity index (χ0) is 23.5. The molecule has 2 N–H and O–H groups in total. The number of amides is 1. The smallest absolute Gasteiger partial charge is 0.222 e. The Bertz CT molecular complexity index is 898. The van der Waals surface area contributed by atoms with Gasteiger partial charge in [-0.05, 0) is 50.4 Å². The lowest BCUT2D eigenvalue weighted by atomic mass is 10.1. The number of nitrogens with one attached hydrogen (secondary N) is 2. The lowest BCUT2D eigenvalue weighted by Gasteiger charge is -2.25. The fourth-order valence-electron chi connectivity index (χ4n) is 4.10. The summed E-state index contributed by atoms with van der Waals surface area (Å²) in [7, 11) is 2.18. The second-order valence-electron chi connectivity index (χ2n) is 8.85. The second-order valence-corrected chi connectivity index (χ2v) is 8.85. The van der Waals surface area contributed by atoms with Gasteiger partial charge in [0.1, 0.15) is 0 Å². The van der Waals surface area contributed by atoms with Gasteiger partial charge in [-0.3, -0.25) is 9.69 Å². The monoisotopic (exact) mass is 449 g/mol. The molecule has 0 aromatic heterocycles. The lowest BCUT2D eigenvalue weighted by molar-refractivity contribution is -0.128. The van der Waals surface area contributed by atoms with Gasteiger partial charge in [0.25, 0.3) is 0 Å². The van der Waals surface area contributed by atoms with Gasteiger partial charge in [0.2, 0.25) is 5.91 Å². The topological polar surface area (TPSA) is 60.0 Å². The number of likely N-dealkylation sites (tertiary alicyclic amines) is 1. The number of guanidine groups is 1. The molecule has 1 saturated heterocycles. The van der Waals surface area contributed by atoms with E-state index in [2.05, 4.69) is 78.9 Å². The third kappa shape index (κ3) is 7.90. The molecule has 0 spiro atoms. The van der Waals surface area contributed by atoms with Crippen LogP contribution < -0.4 is 10.6 Å². The Hall–Kier alpha value is -2.86. The van der Waals surface area contributed by atoms with Crippen LogP contribution in [-0.4, -0.2) is 54.4 Å². The van der Waals surface area contributed by atoms with E-state index in [0.717, 1.165) is 45.0 Å². The maximum atomic E-state index is 12.0. The molecule has 2 aromatic carbocycles. The fraction of sp³-hybridized carbons (Fsp3) is 0.481. The van der Waals surface area contributed by atoms with E-state index in [1.54, 1.807) is 0 Å². The van der Waals surface area contributed by atoms with Gasteiger partial charge in [0.15, 0.2) is 5.96 Å². The minimum atomic E-state index is 0.259. The highest BCUT2D eigenvalue weighted by atomic mass is 16.2. The zero-order valence-corrected chi connectivity index (χ0v) is 20.4. The molecule has 0 saturated carbocycles. The molecule has 0 radical (unpaired) electrons. The third-order valence-electron chi connectivity index (χ3n) is 6.28. The number of benzene rings is 2. The summed E-state index contributed by atoms with van der Waals surface area (Å²) in [5, 5.41) is 6.84. The van der Waals surface area contributed by atoms with Crippen molar-refractivity contribution in [3.05, 3.63) is 71.3 Å². The summed E-state index contributed by atoms with van der Waals surface area (Å²) in [6, 6.07) is 19.4. The van der Waals surface area contributed by atoms with Crippen molar-refractivity contribution >= 4 is 11.9 Å². The summed E-state index contributed by atoms with van der Waals surface area (Å²) in [5.74, 6) is 1.09. The van der Waals surface area contributed by atoms with Crippen LogP contribution in [0.4, 0.5) is 0 Å². The van der Waals surface area contributed by atoms with E-state index in [1.165, 1.54) is 16.7 Å². The van der Waals surface area contributed by atoms with E-state index < -0.39 is 0 Å². The summed E-state index contributed by atoms with van der Waals surface area (Å²) < 4.78 is 0. The van der Waals surface area contributed by atoms with E-state index in [9.17, 15) is 4.79 Å². The summed E-state index contributed by atoms with van der Waals surface area (Å²) in [6.07, 6.45) is 2.67. The molecule has 2 aromatic rings. The summed E-state index contributed by atoms with van der Waals surface area (Å²) in [6.45, 7) is 9.11. The molecule has 6 heteroatoms. The molecule has 1 unspecified atom stereocenters. The summed E-state index contributed by atoms with van der Waals surface area (Å²) >= 11 is 0. The maximum Gasteiger partial charge on any atom is 0.222 e. The Kier molecular flexibility index (Phi) is 9.76. The van der Waals surface area contributed by atoms with Crippen LogP contribution in [0.3, 0.4) is 0 Å². The highest BCUT2D eigenvalue weighted by Gasteiger charge is 2.20. The molecule has 0 aliphatic carbocycles. The minimum absolute atomic E-state index is 0.259. The van der Waals surface area contributed by atoms with Crippen LogP contribution in [-0.2, 0) is 24.4 Å². The first-order chi connectivity index (χ1) is 16.1. The van der Waals surface area contributed by atoms with E-state index in [4.69, 9.17) is 4.99 Å². The molecule has 6 nitrogen and oxygen atoms in total. The molecular formula is C27H39N5O. The predicted molar refractivity (Wildman–Crippen MR) is 136 cm³/mol. The van der Waals surface area contributed by atoms with Crippen molar-refractivity contribution in [3.8, 4) is 0 Å².